The van der Waals surface area contributed by atoms with E-state index in [9.17, 15) is 9.59 Å². The molecule has 3 heterocycles. The van der Waals surface area contributed by atoms with Crippen LogP contribution in [0.4, 0.5) is 5.82 Å². The van der Waals surface area contributed by atoms with E-state index < -0.39 is 0 Å². The third-order valence-electron chi connectivity index (χ3n) is 6.57. The van der Waals surface area contributed by atoms with Crippen molar-refractivity contribution in [3.8, 4) is 0 Å². The molecular formula is C25H33N5O2. The summed E-state index contributed by atoms with van der Waals surface area (Å²) < 4.78 is 0. The molecule has 0 N–H and O–H groups in total. The third-order valence-corrected chi connectivity index (χ3v) is 6.57. The van der Waals surface area contributed by atoms with Gasteiger partial charge in [-0.1, -0.05) is 37.3 Å². The minimum absolute atomic E-state index is 0.0772. The number of carbonyl (C=O) groups is 2. The van der Waals surface area contributed by atoms with Gasteiger partial charge in [0.25, 0.3) is 0 Å². The highest BCUT2D eigenvalue weighted by Gasteiger charge is 2.33. The number of aromatic nitrogens is 2. The molecule has 0 saturated carbocycles. The Kier molecular flexibility index (Phi) is 6.72. The predicted molar refractivity (Wildman–Crippen MR) is 124 cm³/mol. The number of likely N-dealkylation sites (tertiary alicyclic amines) is 2. The molecule has 4 rings (SSSR count). The molecule has 0 aliphatic carbocycles. The zero-order valence-corrected chi connectivity index (χ0v) is 19.3. The van der Waals surface area contributed by atoms with E-state index in [2.05, 4.69) is 12.1 Å². The number of anilines is 1. The number of amides is 2. The number of piperidine rings is 1. The van der Waals surface area contributed by atoms with Crippen LogP contribution in [0.1, 0.15) is 61.5 Å². The topological polar surface area (TPSA) is 69.6 Å². The van der Waals surface area contributed by atoms with Gasteiger partial charge in [-0.15, -0.1) is 0 Å². The lowest BCUT2D eigenvalue weighted by Gasteiger charge is -2.31. The molecular weight excluding hydrogens is 402 g/mol. The Morgan fingerprint density at radius 3 is 2.47 bits per heavy atom. The van der Waals surface area contributed by atoms with E-state index in [0.717, 1.165) is 48.8 Å². The fraction of sp³-hybridized carbons (Fsp3) is 0.520. The normalized spacial score (nSPS) is 19.5. The average molecular weight is 436 g/mol. The fourth-order valence-electron chi connectivity index (χ4n) is 4.63. The van der Waals surface area contributed by atoms with Crippen molar-refractivity contribution in [3.05, 3.63) is 53.5 Å². The Labute approximate surface area is 190 Å². The molecule has 170 valence electrons. The van der Waals surface area contributed by atoms with Crippen LogP contribution >= 0.6 is 0 Å². The van der Waals surface area contributed by atoms with Gasteiger partial charge in [-0.2, -0.15) is 0 Å². The first kappa shape index (κ1) is 22.2. The minimum Gasteiger partial charge on any atom is -0.363 e. The van der Waals surface area contributed by atoms with Crippen LogP contribution in [0.25, 0.3) is 0 Å². The van der Waals surface area contributed by atoms with Gasteiger partial charge < -0.3 is 14.7 Å². The molecule has 7 nitrogen and oxygen atoms in total. The Bertz CT molecular complexity index is 954. The van der Waals surface area contributed by atoms with Crippen molar-refractivity contribution in [3.63, 3.8) is 0 Å². The average Bonchev–Trinajstić information content (AvgIpc) is 3.19. The molecule has 1 aromatic heterocycles. The highest BCUT2D eigenvalue weighted by Crippen LogP contribution is 2.33. The van der Waals surface area contributed by atoms with Crippen molar-refractivity contribution in [1.82, 2.24) is 19.8 Å². The van der Waals surface area contributed by atoms with E-state index >= 15 is 0 Å². The van der Waals surface area contributed by atoms with Crippen molar-refractivity contribution < 1.29 is 9.59 Å². The summed E-state index contributed by atoms with van der Waals surface area (Å²) in [5, 5.41) is 0. The molecule has 32 heavy (non-hydrogen) atoms. The summed E-state index contributed by atoms with van der Waals surface area (Å²) in [6, 6.07) is 12.2. The van der Waals surface area contributed by atoms with Crippen LogP contribution in [0, 0.1) is 0 Å². The highest BCUT2D eigenvalue weighted by molar-refractivity contribution is 5.79. The van der Waals surface area contributed by atoms with Crippen LogP contribution in [-0.4, -0.2) is 65.3 Å². The number of nitrogens with zero attached hydrogens (tertiary/aromatic N) is 5. The molecule has 2 aromatic rings. The van der Waals surface area contributed by atoms with Crippen LogP contribution in [-0.2, 0) is 16.1 Å². The molecule has 2 saturated heterocycles. The lowest BCUT2D eigenvalue weighted by molar-refractivity contribution is -0.132. The third kappa shape index (κ3) is 4.92. The first-order chi connectivity index (χ1) is 15.4. The second-order valence-corrected chi connectivity index (χ2v) is 9.07. The summed E-state index contributed by atoms with van der Waals surface area (Å²) in [6.45, 7) is 4.75. The molecule has 7 heteroatoms. The Balaban J connectivity index is 1.51. The highest BCUT2D eigenvalue weighted by atomic mass is 16.2. The maximum atomic E-state index is 12.7. The van der Waals surface area contributed by atoms with Gasteiger partial charge in [0, 0.05) is 71.0 Å². The van der Waals surface area contributed by atoms with E-state index in [4.69, 9.17) is 9.97 Å². The lowest BCUT2D eigenvalue weighted by atomic mass is 9.95. The van der Waals surface area contributed by atoms with Crippen molar-refractivity contribution in [2.45, 2.75) is 51.0 Å². The predicted octanol–water partition coefficient (Wildman–Crippen LogP) is 3.17. The first-order valence-corrected chi connectivity index (χ1v) is 11.6. The molecule has 2 aliphatic heterocycles. The standard InChI is InChI=1S/C25H33N5O2/c1-4-23(31)29-12-10-19(11-13-29)25-26-21(15-22(27-25)28(2)3)20-14-24(32)30(17-20)16-18-8-6-5-7-9-18/h5-9,15,19-20H,4,10-14,16-17H2,1-3H3/t20-/m1/s1. The number of benzene rings is 1. The molecule has 0 unspecified atom stereocenters. The zero-order chi connectivity index (χ0) is 22.7. The molecule has 1 aromatic carbocycles. The van der Waals surface area contributed by atoms with E-state index in [1.807, 2.05) is 60.0 Å². The van der Waals surface area contributed by atoms with E-state index in [0.29, 0.717) is 25.9 Å². The summed E-state index contributed by atoms with van der Waals surface area (Å²) >= 11 is 0. The molecule has 2 amide bonds. The zero-order valence-electron chi connectivity index (χ0n) is 19.3. The minimum atomic E-state index is 0.0772. The Morgan fingerprint density at radius 2 is 1.81 bits per heavy atom. The summed E-state index contributed by atoms with van der Waals surface area (Å²) in [5.41, 5.74) is 2.10. The number of hydrogen-bond donors (Lipinski definition) is 0. The van der Waals surface area contributed by atoms with Crippen LogP contribution in [0.15, 0.2) is 36.4 Å². The summed E-state index contributed by atoms with van der Waals surface area (Å²) in [7, 11) is 3.97. The first-order valence-electron chi connectivity index (χ1n) is 11.6. The fourth-order valence-corrected chi connectivity index (χ4v) is 4.63. The molecule has 1 atom stereocenters. The smallest absolute Gasteiger partial charge is 0.223 e. The van der Waals surface area contributed by atoms with Crippen LogP contribution in [0.3, 0.4) is 0 Å². The van der Waals surface area contributed by atoms with Crippen LogP contribution < -0.4 is 4.90 Å². The summed E-state index contributed by atoms with van der Waals surface area (Å²) in [6.07, 6.45) is 2.80. The van der Waals surface area contributed by atoms with E-state index in [1.165, 1.54) is 0 Å². The van der Waals surface area contributed by atoms with Crippen molar-refractivity contribution in [1.29, 1.82) is 0 Å². The van der Waals surface area contributed by atoms with E-state index in [1.54, 1.807) is 0 Å². The quantitative estimate of drug-likeness (QED) is 0.697. The second-order valence-electron chi connectivity index (χ2n) is 9.07. The van der Waals surface area contributed by atoms with Crippen LogP contribution in [0.2, 0.25) is 0 Å². The Morgan fingerprint density at radius 1 is 1.09 bits per heavy atom. The van der Waals surface area contributed by atoms with Gasteiger partial charge in [0.2, 0.25) is 11.8 Å². The van der Waals surface area contributed by atoms with Gasteiger partial charge in [-0.3, -0.25) is 9.59 Å². The van der Waals surface area contributed by atoms with Crippen molar-refractivity contribution in [2.24, 2.45) is 0 Å². The lowest BCUT2D eigenvalue weighted by Crippen LogP contribution is -2.37. The summed E-state index contributed by atoms with van der Waals surface area (Å²) in [5.74, 6) is 2.45. The largest absolute Gasteiger partial charge is 0.363 e. The molecule has 2 fully saturated rings. The van der Waals surface area contributed by atoms with Gasteiger partial charge in [-0.05, 0) is 18.4 Å². The number of rotatable bonds is 6. The van der Waals surface area contributed by atoms with Gasteiger partial charge in [0.1, 0.15) is 11.6 Å². The van der Waals surface area contributed by atoms with Gasteiger partial charge in [0.05, 0.1) is 5.69 Å². The molecule has 0 radical (unpaired) electrons. The van der Waals surface area contributed by atoms with Gasteiger partial charge >= 0.3 is 0 Å². The van der Waals surface area contributed by atoms with Crippen LogP contribution in [0.5, 0.6) is 0 Å². The second kappa shape index (κ2) is 9.67. The SMILES string of the molecule is CCC(=O)N1CCC(c2nc([C@@H]3CC(=O)N(Cc4ccccc4)C3)cc(N(C)C)n2)CC1. The maximum Gasteiger partial charge on any atom is 0.223 e. The maximum absolute atomic E-state index is 12.7. The number of carbonyl (C=O) groups excluding carboxylic acids is 2. The molecule has 0 bridgehead atoms. The monoisotopic (exact) mass is 435 g/mol. The molecule has 2 aliphatic rings. The van der Waals surface area contributed by atoms with E-state index in [-0.39, 0.29) is 23.7 Å². The number of hydrogen-bond acceptors (Lipinski definition) is 5. The van der Waals surface area contributed by atoms with Crippen molar-refractivity contribution in [2.75, 3.05) is 38.6 Å². The van der Waals surface area contributed by atoms with Crippen molar-refractivity contribution >= 4 is 17.6 Å². The van der Waals surface area contributed by atoms with Gasteiger partial charge in [0.15, 0.2) is 0 Å². The Hall–Kier alpha value is -2.96. The summed E-state index contributed by atoms with van der Waals surface area (Å²) in [4.78, 5) is 40.4. The van der Waals surface area contributed by atoms with Gasteiger partial charge in [-0.25, -0.2) is 9.97 Å². The molecule has 0 spiro atoms.